The minimum absolute atomic E-state index is 0.526. The van der Waals surface area contributed by atoms with Crippen LogP contribution in [-0.2, 0) is 4.74 Å². The minimum atomic E-state index is -1.57. The average Bonchev–Trinajstić information content (AvgIpc) is 2.08. The lowest BCUT2D eigenvalue weighted by molar-refractivity contribution is -0.286. The molecular formula is C6H12O6. The predicted molar refractivity (Wildman–Crippen MR) is 36.0 cm³/mol. The van der Waals surface area contributed by atoms with E-state index in [9.17, 15) is 0 Å². The normalized spacial score (nSPS) is 49.2. The fraction of sp³-hybridized carbons (Fsp3) is 1.00. The first-order chi connectivity index (χ1) is 5.57. The summed E-state index contributed by atoms with van der Waals surface area (Å²) < 4.78 is 4.58. The SMILES string of the molecule is OC[C@H]1OC(O)[C@@H](O)[C@@H](O)[13C@@H]1O. The van der Waals surface area contributed by atoms with Gasteiger partial charge in [-0.2, -0.15) is 0 Å². The lowest BCUT2D eigenvalue weighted by Gasteiger charge is -2.37. The van der Waals surface area contributed by atoms with Gasteiger partial charge >= 0.3 is 0 Å². The van der Waals surface area contributed by atoms with Gasteiger partial charge in [0.15, 0.2) is 6.29 Å². The summed E-state index contributed by atoms with van der Waals surface area (Å²) in [4.78, 5) is 0. The molecule has 1 heterocycles. The Hall–Kier alpha value is -0.240. The van der Waals surface area contributed by atoms with Crippen molar-refractivity contribution in [3.8, 4) is 0 Å². The van der Waals surface area contributed by atoms with Gasteiger partial charge in [-0.25, -0.2) is 0 Å². The van der Waals surface area contributed by atoms with E-state index in [1.807, 2.05) is 0 Å². The van der Waals surface area contributed by atoms with Crippen LogP contribution in [0.1, 0.15) is 0 Å². The fourth-order valence-corrected chi connectivity index (χ4v) is 1.08. The first kappa shape index (κ1) is 9.85. The molecule has 0 aromatic carbocycles. The van der Waals surface area contributed by atoms with Gasteiger partial charge in [0.25, 0.3) is 0 Å². The van der Waals surface area contributed by atoms with E-state index < -0.39 is 37.3 Å². The third-order valence-electron chi connectivity index (χ3n) is 1.87. The molecule has 72 valence electrons. The quantitative estimate of drug-likeness (QED) is 0.272. The Labute approximate surface area is 68.6 Å². The Morgan fingerprint density at radius 2 is 1.50 bits per heavy atom. The van der Waals surface area contributed by atoms with Crippen LogP contribution in [0.3, 0.4) is 0 Å². The highest BCUT2D eigenvalue weighted by Gasteiger charge is 2.42. The van der Waals surface area contributed by atoms with Gasteiger partial charge in [-0.15, -0.1) is 0 Å². The van der Waals surface area contributed by atoms with E-state index in [4.69, 9.17) is 25.5 Å². The molecule has 1 aliphatic heterocycles. The molecule has 0 aromatic heterocycles. The van der Waals surface area contributed by atoms with Gasteiger partial charge < -0.3 is 30.3 Å². The molecule has 1 fully saturated rings. The molecule has 0 amide bonds. The van der Waals surface area contributed by atoms with Crippen molar-refractivity contribution in [1.29, 1.82) is 0 Å². The molecule has 5 atom stereocenters. The lowest BCUT2D eigenvalue weighted by Crippen LogP contribution is -2.58. The molecule has 1 saturated heterocycles. The van der Waals surface area contributed by atoms with Crippen LogP contribution in [0.15, 0.2) is 0 Å². The molecule has 0 aliphatic carbocycles. The van der Waals surface area contributed by atoms with Crippen LogP contribution in [0.25, 0.3) is 0 Å². The zero-order valence-electron chi connectivity index (χ0n) is 6.24. The predicted octanol–water partition coefficient (Wildman–Crippen LogP) is -3.22. The maximum absolute atomic E-state index is 9.12. The van der Waals surface area contributed by atoms with Crippen molar-refractivity contribution in [3.63, 3.8) is 0 Å². The first-order valence-electron chi connectivity index (χ1n) is 3.56. The van der Waals surface area contributed by atoms with Gasteiger partial charge in [-0.3, -0.25) is 0 Å². The van der Waals surface area contributed by atoms with Gasteiger partial charge in [0.2, 0.25) is 0 Å². The van der Waals surface area contributed by atoms with Crippen LogP contribution >= 0.6 is 0 Å². The molecule has 12 heavy (non-hydrogen) atoms. The molecular weight excluding hydrogens is 169 g/mol. The van der Waals surface area contributed by atoms with E-state index in [1.54, 1.807) is 0 Å². The summed E-state index contributed by atoms with van der Waals surface area (Å²) in [5, 5.41) is 44.7. The molecule has 1 aliphatic rings. The van der Waals surface area contributed by atoms with Crippen molar-refractivity contribution in [2.24, 2.45) is 0 Å². The van der Waals surface area contributed by atoms with Crippen LogP contribution in [0.2, 0.25) is 0 Å². The summed E-state index contributed by atoms with van der Waals surface area (Å²) in [7, 11) is 0. The highest BCUT2D eigenvalue weighted by atomic mass is 16.7. The number of aliphatic hydroxyl groups excluding tert-OH is 5. The summed E-state index contributed by atoms with van der Waals surface area (Å²) in [6.07, 6.45) is -7.04. The van der Waals surface area contributed by atoms with E-state index in [2.05, 4.69) is 4.74 Å². The standard InChI is InChI=1S/C6H12O6/c7-1-2-3(8)4(9)5(10)6(11)12-2/h2-11H,1H2/t2-,3-,4+,5+,6?/m1/s1/i3+1. The number of hydrogen-bond acceptors (Lipinski definition) is 6. The first-order valence-corrected chi connectivity index (χ1v) is 3.56. The van der Waals surface area contributed by atoms with Crippen molar-refractivity contribution in [2.45, 2.75) is 30.7 Å². The van der Waals surface area contributed by atoms with E-state index >= 15 is 0 Å². The van der Waals surface area contributed by atoms with Crippen molar-refractivity contribution < 1.29 is 30.3 Å². The van der Waals surface area contributed by atoms with Crippen LogP contribution in [0.5, 0.6) is 0 Å². The Morgan fingerprint density at radius 3 is 2.00 bits per heavy atom. The molecule has 1 rings (SSSR count). The molecule has 0 saturated carbocycles. The Bertz CT molecular complexity index is 146. The van der Waals surface area contributed by atoms with E-state index in [-0.39, 0.29) is 0 Å². The second kappa shape index (κ2) is 3.65. The monoisotopic (exact) mass is 181 g/mol. The van der Waals surface area contributed by atoms with Crippen LogP contribution < -0.4 is 0 Å². The molecule has 0 aromatic rings. The fourth-order valence-electron chi connectivity index (χ4n) is 1.08. The number of ether oxygens (including phenoxy) is 1. The number of hydrogen-bond donors (Lipinski definition) is 5. The third kappa shape index (κ3) is 1.58. The molecule has 6 heteroatoms. The zero-order chi connectivity index (χ0) is 9.30. The van der Waals surface area contributed by atoms with Crippen molar-refractivity contribution in [2.75, 3.05) is 6.61 Å². The van der Waals surface area contributed by atoms with Crippen molar-refractivity contribution in [3.05, 3.63) is 0 Å². The Balaban J connectivity index is 2.63. The summed E-state index contributed by atoms with van der Waals surface area (Å²) in [6.45, 7) is -0.526. The average molecular weight is 181 g/mol. The summed E-state index contributed by atoms with van der Waals surface area (Å²) in [5.74, 6) is 0. The summed E-state index contributed by atoms with van der Waals surface area (Å²) in [5.41, 5.74) is 0. The smallest absolute Gasteiger partial charge is 0.184 e. The molecule has 0 spiro atoms. The Morgan fingerprint density at radius 1 is 0.917 bits per heavy atom. The van der Waals surface area contributed by atoms with Crippen LogP contribution in [0.4, 0.5) is 0 Å². The van der Waals surface area contributed by atoms with E-state index in [0.717, 1.165) is 0 Å². The molecule has 1 unspecified atom stereocenters. The molecule has 5 N–H and O–H groups in total. The molecule has 0 bridgehead atoms. The Kier molecular flexibility index (Phi) is 2.99. The number of aliphatic hydroxyl groups is 5. The van der Waals surface area contributed by atoms with Crippen molar-refractivity contribution >= 4 is 0 Å². The lowest BCUT2D eigenvalue weighted by atomic mass is 10.2. The highest BCUT2D eigenvalue weighted by Crippen LogP contribution is 2.18. The second-order valence-corrected chi connectivity index (χ2v) is 2.72. The van der Waals surface area contributed by atoms with Crippen molar-refractivity contribution in [1.82, 2.24) is 0 Å². The highest BCUT2D eigenvalue weighted by molar-refractivity contribution is 4.87. The topological polar surface area (TPSA) is 110 Å². The van der Waals surface area contributed by atoms with Gasteiger partial charge in [0.1, 0.15) is 24.4 Å². The van der Waals surface area contributed by atoms with Gasteiger partial charge in [-0.1, -0.05) is 0 Å². The van der Waals surface area contributed by atoms with E-state index in [0.29, 0.717) is 0 Å². The maximum atomic E-state index is 9.12. The second-order valence-electron chi connectivity index (χ2n) is 2.72. The van der Waals surface area contributed by atoms with E-state index in [1.165, 1.54) is 0 Å². The van der Waals surface area contributed by atoms with Gasteiger partial charge in [0.05, 0.1) is 6.61 Å². The van der Waals surface area contributed by atoms with Gasteiger partial charge in [-0.05, 0) is 0 Å². The summed E-state index contributed by atoms with van der Waals surface area (Å²) in [6, 6.07) is 0. The summed E-state index contributed by atoms with van der Waals surface area (Å²) >= 11 is 0. The molecule has 6 nitrogen and oxygen atoms in total. The van der Waals surface area contributed by atoms with Gasteiger partial charge in [0, 0.05) is 0 Å². The maximum Gasteiger partial charge on any atom is 0.184 e. The number of rotatable bonds is 1. The molecule has 0 radical (unpaired) electrons. The van der Waals surface area contributed by atoms with Crippen LogP contribution in [-0.4, -0.2) is 62.8 Å². The third-order valence-corrected chi connectivity index (χ3v) is 1.87. The van der Waals surface area contributed by atoms with Crippen LogP contribution in [0, 0.1) is 0 Å². The largest absolute Gasteiger partial charge is 0.394 e. The minimum Gasteiger partial charge on any atom is -0.394 e. The zero-order valence-corrected chi connectivity index (χ0v) is 6.24.